The van der Waals surface area contributed by atoms with Crippen molar-refractivity contribution >= 4 is 33.2 Å². The summed E-state index contributed by atoms with van der Waals surface area (Å²) in [7, 11) is -4.04. The first-order valence-electron chi connectivity index (χ1n) is 14.6. The van der Waals surface area contributed by atoms with Crippen LogP contribution in [0.3, 0.4) is 0 Å². The van der Waals surface area contributed by atoms with Gasteiger partial charge in [0.05, 0.1) is 11.5 Å². The molecule has 8 nitrogen and oxygen atoms in total. The third-order valence-electron chi connectivity index (χ3n) is 8.21. The summed E-state index contributed by atoms with van der Waals surface area (Å²) in [4.78, 5) is 26.9. The van der Waals surface area contributed by atoms with E-state index in [1.54, 1.807) is 48.5 Å². The number of rotatable bonds is 8. The van der Waals surface area contributed by atoms with Crippen molar-refractivity contribution in [3.8, 4) is 5.75 Å². The molecule has 228 valence electrons. The van der Waals surface area contributed by atoms with Gasteiger partial charge in [-0.25, -0.2) is 8.42 Å². The van der Waals surface area contributed by atoms with Gasteiger partial charge in [-0.1, -0.05) is 30.3 Å². The van der Waals surface area contributed by atoms with Gasteiger partial charge >= 0.3 is 0 Å². The monoisotopic (exact) mass is 611 g/mol. The van der Waals surface area contributed by atoms with Crippen LogP contribution in [0.5, 0.6) is 5.75 Å². The summed E-state index contributed by atoms with van der Waals surface area (Å²) in [5.74, 6) is -0.0144. The number of anilines is 2. The van der Waals surface area contributed by atoms with E-state index in [4.69, 9.17) is 4.74 Å². The van der Waals surface area contributed by atoms with Gasteiger partial charge in [-0.15, -0.1) is 0 Å². The smallest absolute Gasteiger partial charge is 0.255 e. The number of sulfonamides is 1. The lowest BCUT2D eigenvalue weighted by Gasteiger charge is -2.36. The third-order valence-corrected chi connectivity index (χ3v) is 10.3. The van der Waals surface area contributed by atoms with E-state index in [2.05, 4.69) is 10.6 Å². The van der Waals surface area contributed by atoms with Crippen molar-refractivity contribution in [2.75, 3.05) is 17.2 Å². The summed E-state index contributed by atoms with van der Waals surface area (Å²) < 4.78 is 35.4. The van der Waals surface area contributed by atoms with Gasteiger partial charge in [-0.2, -0.15) is 4.31 Å². The van der Waals surface area contributed by atoms with Crippen LogP contribution in [-0.2, 0) is 27.8 Å². The number of ether oxygens (including phenoxy) is 1. The first-order valence-corrected chi connectivity index (χ1v) is 16.0. The van der Waals surface area contributed by atoms with Crippen molar-refractivity contribution in [3.63, 3.8) is 0 Å². The lowest BCUT2D eigenvalue weighted by Crippen LogP contribution is -2.50. The second-order valence-electron chi connectivity index (χ2n) is 11.1. The largest absolute Gasteiger partial charge is 0.494 e. The number of hydrogen-bond acceptors (Lipinski definition) is 5. The van der Waals surface area contributed by atoms with E-state index in [1.165, 1.54) is 4.31 Å². The Morgan fingerprint density at radius 3 is 2.00 bits per heavy atom. The van der Waals surface area contributed by atoms with Gasteiger partial charge in [0, 0.05) is 23.5 Å². The molecule has 0 saturated carbocycles. The third kappa shape index (κ3) is 6.25. The molecule has 0 radical (unpaired) electrons. The standard InChI is InChI=1S/C35H37N3O5S/c1-6-43-31-17-15-30(16-18-31)36-34(39)26-11-13-29(14-12-26)37-35(40)32-20-27-9-7-8-10-28(27)21-38(32)44(41,42)33-24(4)22(2)19-23(3)25(33)5/h7-19,32H,6,20-21H2,1-5H3,(H,36,39)(H,37,40)/t32-/m1/s1. The predicted molar refractivity (Wildman–Crippen MR) is 173 cm³/mol. The van der Waals surface area contributed by atoms with Gasteiger partial charge in [0.1, 0.15) is 11.8 Å². The Labute approximate surface area is 259 Å². The van der Waals surface area contributed by atoms with Gasteiger partial charge in [0.2, 0.25) is 15.9 Å². The quantitative estimate of drug-likeness (QED) is 0.243. The number of aryl methyl sites for hydroxylation is 2. The molecule has 0 aromatic heterocycles. The van der Waals surface area contributed by atoms with E-state index in [-0.39, 0.29) is 23.8 Å². The van der Waals surface area contributed by atoms with Crippen LogP contribution in [0, 0.1) is 27.7 Å². The van der Waals surface area contributed by atoms with Crippen molar-refractivity contribution in [3.05, 3.63) is 118 Å². The molecule has 0 bridgehead atoms. The molecule has 4 aromatic rings. The van der Waals surface area contributed by atoms with Gasteiger partial charge in [0.15, 0.2) is 0 Å². The highest BCUT2D eigenvalue weighted by atomic mass is 32.2. The average molecular weight is 612 g/mol. The number of hydrogen-bond donors (Lipinski definition) is 2. The lowest BCUT2D eigenvalue weighted by molar-refractivity contribution is -0.120. The maximum atomic E-state index is 14.3. The Bertz CT molecular complexity index is 1790. The first kappa shape index (κ1) is 31.0. The zero-order chi connectivity index (χ0) is 31.6. The van der Waals surface area contributed by atoms with Crippen LogP contribution in [-0.4, -0.2) is 37.2 Å². The molecule has 0 unspecified atom stereocenters. The highest BCUT2D eigenvalue weighted by Gasteiger charge is 2.41. The predicted octanol–water partition coefficient (Wildman–Crippen LogP) is 6.33. The van der Waals surface area contributed by atoms with Gasteiger partial charge in [-0.05, 0) is 123 Å². The van der Waals surface area contributed by atoms with Crippen molar-refractivity contribution in [2.45, 2.75) is 58.5 Å². The summed E-state index contributed by atoms with van der Waals surface area (Å²) in [5, 5.41) is 5.74. The molecule has 44 heavy (non-hydrogen) atoms. The molecule has 0 spiro atoms. The van der Waals surface area contributed by atoms with Crippen LogP contribution in [0.1, 0.15) is 50.7 Å². The van der Waals surface area contributed by atoms with Crippen LogP contribution in [0.4, 0.5) is 11.4 Å². The van der Waals surface area contributed by atoms with E-state index in [9.17, 15) is 18.0 Å². The Morgan fingerprint density at radius 2 is 1.39 bits per heavy atom. The number of fused-ring (bicyclic) bond motifs is 1. The Hall–Kier alpha value is -4.47. The SMILES string of the molecule is CCOc1ccc(NC(=O)c2ccc(NC(=O)[C@H]3Cc4ccccc4CN3S(=O)(=O)c3c(C)c(C)cc(C)c3C)cc2)cc1. The number of nitrogens with one attached hydrogen (secondary N) is 2. The summed E-state index contributed by atoms with van der Waals surface area (Å²) in [5.41, 5.74) is 6.46. The molecular formula is C35H37N3O5S. The second-order valence-corrected chi connectivity index (χ2v) is 12.9. The van der Waals surface area contributed by atoms with Crippen LogP contribution in [0.15, 0.2) is 83.8 Å². The van der Waals surface area contributed by atoms with Crippen molar-refractivity contribution in [1.82, 2.24) is 4.31 Å². The molecule has 4 aromatic carbocycles. The maximum Gasteiger partial charge on any atom is 0.255 e. The molecule has 0 fully saturated rings. The molecule has 1 atom stereocenters. The van der Waals surface area contributed by atoms with Crippen molar-refractivity contribution in [2.24, 2.45) is 0 Å². The van der Waals surface area contributed by atoms with Crippen LogP contribution in [0.2, 0.25) is 0 Å². The molecule has 0 aliphatic carbocycles. The molecule has 1 aliphatic heterocycles. The zero-order valence-electron chi connectivity index (χ0n) is 25.6. The molecule has 1 aliphatic rings. The van der Waals surface area contributed by atoms with Gasteiger partial charge < -0.3 is 15.4 Å². The zero-order valence-corrected chi connectivity index (χ0v) is 26.4. The maximum absolute atomic E-state index is 14.3. The minimum atomic E-state index is -4.04. The summed E-state index contributed by atoms with van der Waals surface area (Å²) in [6, 6.07) is 22.3. The highest BCUT2D eigenvalue weighted by molar-refractivity contribution is 7.89. The van der Waals surface area contributed by atoms with E-state index in [0.29, 0.717) is 34.7 Å². The van der Waals surface area contributed by atoms with Crippen LogP contribution < -0.4 is 15.4 Å². The molecule has 0 saturated heterocycles. The average Bonchev–Trinajstić information content (AvgIpc) is 3.01. The normalized spacial score (nSPS) is 14.9. The van der Waals surface area contributed by atoms with Crippen molar-refractivity contribution < 1.29 is 22.7 Å². The van der Waals surface area contributed by atoms with Crippen molar-refractivity contribution in [1.29, 1.82) is 0 Å². The van der Waals surface area contributed by atoms with Gasteiger partial charge in [0.25, 0.3) is 5.91 Å². The minimum Gasteiger partial charge on any atom is -0.494 e. The number of carbonyl (C=O) groups excluding carboxylic acids is 2. The number of amides is 2. The van der Waals surface area contributed by atoms with Gasteiger partial charge in [-0.3, -0.25) is 9.59 Å². The Kier molecular flexibility index (Phi) is 8.90. The molecule has 2 N–H and O–H groups in total. The van der Waals surface area contributed by atoms with E-state index in [0.717, 1.165) is 28.0 Å². The molecule has 9 heteroatoms. The summed E-state index contributed by atoms with van der Waals surface area (Å²) in [6.45, 7) is 9.98. The molecular weight excluding hydrogens is 574 g/mol. The number of benzene rings is 4. The van der Waals surface area contributed by atoms with E-state index in [1.807, 2.05) is 65.0 Å². The Balaban J connectivity index is 1.38. The molecule has 2 amide bonds. The Morgan fingerprint density at radius 1 is 0.818 bits per heavy atom. The number of nitrogens with zero attached hydrogens (tertiary/aromatic N) is 1. The molecule has 1 heterocycles. The first-order chi connectivity index (χ1) is 21.0. The van der Waals surface area contributed by atoms with Crippen LogP contribution >= 0.6 is 0 Å². The minimum absolute atomic E-state index is 0.0904. The fourth-order valence-electron chi connectivity index (χ4n) is 5.59. The van der Waals surface area contributed by atoms with Crippen LogP contribution in [0.25, 0.3) is 0 Å². The fraction of sp³-hybridized carbons (Fsp3) is 0.257. The summed E-state index contributed by atoms with van der Waals surface area (Å²) >= 11 is 0. The lowest BCUT2D eigenvalue weighted by atomic mass is 9.95. The van der Waals surface area contributed by atoms with E-state index < -0.39 is 22.0 Å². The topological polar surface area (TPSA) is 105 Å². The fourth-order valence-corrected chi connectivity index (χ4v) is 7.74. The van der Waals surface area contributed by atoms with E-state index >= 15 is 0 Å². The summed E-state index contributed by atoms with van der Waals surface area (Å²) in [6.07, 6.45) is 0.243. The number of carbonyl (C=O) groups is 2. The highest BCUT2D eigenvalue weighted by Crippen LogP contribution is 2.34. The molecule has 5 rings (SSSR count). The second kappa shape index (κ2) is 12.6.